The van der Waals surface area contributed by atoms with Crippen molar-refractivity contribution in [3.8, 4) is 0 Å². The third-order valence-electron chi connectivity index (χ3n) is 5.01. The van der Waals surface area contributed by atoms with Gasteiger partial charge in [-0.15, -0.1) is 0 Å². The second-order valence-electron chi connectivity index (χ2n) is 6.09. The van der Waals surface area contributed by atoms with E-state index in [-0.39, 0.29) is 11.3 Å². The fraction of sp³-hybridized carbons (Fsp3) is 0.933. The third-order valence-corrected chi connectivity index (χ3v) is 5.01. The van der Waals surface area contributed by atoms with Gasteiger partial charge in [-0.05, 0) is 38.0 Å². The third kappa shape index (κ3) is 3.29. The molecule has 0 radical (unpaired) electrons. The highest BCUT2D eigenvalue weighted by Gasteiger charge is 2.41. The van der Waals surface area contributed by atoms with Crippen LogP contribution in [0.15, 0.2) is 0 Å². The number of ether oxygens (including phenoxy) is 1. The molecule has 0 aromatic rings. The molecular formula is C15H28N2O2. The number of hydrogen-bond acceptors (Lipinski definition) is 3. The van der Waals surface area contributed by atoms with Gasteiger partial charge in [0.15, 0.2) is 0 Å². The van der Waals surface area contributed by atoms with Crippen molar-refractivity contribution in [1.82, 2.24) is 4.90 Å². The van der Waals surface area contributed by atoms with Gasteiger partial charge in [-0.25, -0.2) is 0 Å². The molecule has 0 saturated carbocycles. The van der Waals surface area contributed by atoms with Crippen LogP contribution < -0.4 is 5.73 Å². The predicted octanol–water partition coefficient (Wildman–Crippen LogP) is 1.78. The highest BCUT2D eigenvalue weighted by Crippen LogP contribution is 2.33. The lowest BCUT2D eigenvalue weighted by Gasteiger charge is -2.38. The van der Waals surface area contributed by atoms with Crippen LogP contribution in [0.25, 0.3) is 0 Å². The smallest absolute Gasteiger partial charge is 0.230 e. The highest BCUT2D eigenvalue weighted by atomic mass is 16.5. The molecule has 1 amide bonds. The summed E-state index contributed by atoms with van der Waals surface area (Å²) in [7, 11) is 0. The maximum absolute atomic E-state index is 12.8. The normalized spacial score (nSPS) is 27.9. The Labute approximate surface area is 116 Å². The molecule has 2 heterocycles. The van der Waals surface area contributed by atoms with E-state index >= 15 is 0 Å². The van der Waals surface area contributed by atoms with E-state index in [1.165, 1.54) is 12.8 Å². The van der Waals surface area contributed by atoms with Gasteiger partial charge in [0.1, 0.15) is 0 Å². The van der Waals surface area contributed by atoms with Crippen molar-refractivity contribution in [2.75, 3.05) is 32.8 Å². The first-order chi connectivity index (χ1) is 9.22. The predicted molar refractivity (Wildman–Crippen MR) is 75.8 cm³/mol. The fourth-order valence-electron chi connectivity index (χ4n) is 3.38. The summed E-state index contributed by atoms with van der Waals surface area (Å²) in [6.07, 6.45) is 6.36. The van der Waals surface area contributed by atoms with E-state index in [0.29, 0.717) is 19.8 Å². The van der Waals surface area contributed by atoms with Gasteiger partial charge >= 0.3 is 0 Å². The summed E-state index contributed by atoms with van der Waals surface area (Å²) in [5.74, 6) is 1.08. The molecule has 0 aromatic carbocycles. The van der Waals surface area contributed by atoms with Gasteiger partial charge in [0.2, 0.25) is 5.91 Å². The van der Waals surface area contributed by atoms with E-state index in [2.05, 4.69) is 11.8 Å². The van der Waals surface area contributed by atoms with Crippen molar-refractivity contribution < 1.29 is 9.53 Å². The molecule has 110 valence electrons. The Balaban J connectivity index is 2.01. The minimum absolute atomic E-state index is 0.287. The van der Waals surface area contributed by atoms with Gasteiger partial charge in [-0.1, -0.05) is 13.3 Å². The van der Waals surface area contributed by atoms with E-state index in [0.717, 1.165) is 44.7 Å². The fourth-order valence-corrected chi connectivity index (χ4v) is 3.38. The van der Waals surface area contributed by atoms with Crippen LogP contribution in [-0.2, 0) is 9.53 Å². The minimum Gasteiger partial charge on any atom is -0.381 e. The maximum atomic E-state index is 12.8. The number of carbonyl (C=O) groups excluding carboxylic acids is 1. The SMILES string of the molecule is CCC1CCCN(C(=O)C2(CN)CCOCC2)CC1. The molecule has 19 heavy (non-hydrogen) atoms. The standard InChI is InChI=1S/C15H28N2O2/c1-2-13-4-3-8-17(9-5-13)14(18)15(12-16)6-10-19-11-7-15/h13H,2-12,16H2,1H3. The molecule has 2 fully saturated rings. The zero-order valence-corrected chi connectivity index (χ0v) is 12.2. The van der Waals surface area contributed by atoms with Gasteiger partial charge in [0.25, 0.3) is 0 Å². The topological polar surface area (TPSA) is 55.6 Å². The van der Waals surface area contributed by atoms with Crippen molar-refractivity contribution in [3.63, 3.8) is 0 Å². The van der Waals surface area contributed by atoms with E-state index in [9.17, 15) is 4.79 Å². The summed E-state index contributed by atoms with van der Waals surface area (Å²) >= 11 is 0. The molecule has 1 unspecified atom stereocenters. The largest absolute Gasteiger partial charge is 0.381 e. The molecule has 0 bridgehead atoms. The number of hydrogen-bond donors (Lipinski definition) is 1. The van der Waals surface area contributed by atoms with Crippen LogP contribution in [0.4, 0.5) is 0 Å². The van der Waals surface area contributed by atoms with Crippen molar-refractivity contribution in [2.45, 2.75) is 45.4 Å². The van der Waals surface area contributed by atoms with Crippen LogP contribution in [0.1, 0.15) is 45.4 Å². The highest BCUT2D eigenvalue weighted by molar-refractivity contribution is 5.83. The quantitative estimate of drug-likeness (QED) is 0.849. The van der Waals surface area contributed by atoms with Crippen LogP contribution in [0.5, 0.6) is 0 Å². The first-order valence-electron chi connectivity index (χ1n) is 7.79. The van der Waals surface area contributed by atoms with Gasteiger partial charge in [0, 0.05) is 32.8 Å². The number of likely N-dealkylation sites (tertiary alicyclic amines) is 1. The van der Waals surface area contributed by atoms with Crippen LogP contribution in [0.3, 0.4) is 0 Å². The molecule has 2 N–H and O–H groups in total. The van der Waals surface area contributed by atoms with Crippen LogP contribution in [-0.4, -0.2) is 43.7 Å². The summed E-state index contributed by atoms with van der Waals surface area (Å²) < 4.78 is 5.40. The van der Waals surface area contributed by atoms with Crippen LogP contribution in [0.2, 0.25) is 0 Å². The maximum Gasteiger partial charge on any atom is 0.230 e. The second-order valence-corrected chi connectivity index (χ2v) is 6.09. The van der Waals surface area contributed by atoms with Gasteiger partial charge in [-0.3, -0.25) is 4.79 Å². The van der Waals surface area contributed by atoms with Crippen molar-refractivity contribution in [2.24, 2.45) is 17.1 Å². The number of nitrogens with zero attached hydrogens (tertiary/aromatic N) is 1. The Hall–Kier alpha value is -0.610. The minimum atomic E-state index is -0.343. The zero-order chi connectivity index (χ0) is 13.7. The molecule has 4 nitrogen and oxygen atoms in total. The number of amides is 1. The first kappa shape index (κ1) is 14.8. The van der Waals surface area contributed by atoms with Gasteiger partial charge in [-0.2, -0.15) is 0 Å². The lowest BCUT2D eigenvalue weighted by Crippen LogP contribution is -2.51. The molecule has 2 rings (SSSR count). The Morgan fingerprint density at radius 1 is 1.32 bits per heavy atom. The van der Waals surface area contributed by atoms with Gasteiger partial charge < -0.3 is 15.4 Å². The van der Waals surface area contributed by atoms with E-state index in [4.69, 9.17) is 10.5 Å². The summed E-state index contributed by atoms with van der Waals surface area (Å²) in [6.45, 7) is 5.89. The van der Waals surface area contributed by atoms with E-state index in [1.807, 2.05) is 0 Å². The summed E-state index contributed by atoms with van der Waals surface area (Å²) in [5, 5.41) is 0. The molecule has 2 aliphatic heterocycles. The Bertz CT molecular complexity index is 301. The first-order valence-corrected chi connectivity index (χ1v) is 7.79. The Morgan fingerprint density at radius 3 is 2.68 bits per heavy atom. The lowest BCUT2D eigenvalue weighted by atomic mass is 9.79. The molecule has 4 heteroatoms. The van der Waals surface area contributed by atoms with E-state index in [1.54, 1.807) is 0 Å². The molecule has 1 atom stereocenters. The van der Waals surface area contributed by atoms with Crippen molar-refractivity contribution in [1.29, 1.82) is 0 Å². The Morgan fingerprint density at radius 2 is 2.05 bits per heavy atom. The number of carbonyl (C=O) groups is 1. The number of nitrogens with two attached hydrogens (primary N) is 1. The van der Waals surface area contributed by atoms with Gasteiger partial charge in [0.05, 0.1) is 5.41 Å². The second kappa shape index (κ2) is 6.71. The molecule has 0 aliphatic carbocycles. The monoisotopic (exact) mass is 268 g/mol. The zero-order valence-electron chi connectivity index (χ0n) is 12.2. The summed E-state index contributed by atoms with van der Waals surface area (Å²) in [4.78, 5) is 14.9. The molecule has 0 aromatic heterocycles. The van der Waals surface area contributed by atoms with Crippen LogP contribution >= 0.6 is 0 Å². The molecule has 2 saturated heterocycles. The van der Waals surface area contributed by atoms with Crippen LogP contribution in [0, 0.1) is 11.3 Å². The van der Waals surface area contributed by atoms with Crippen molar-refractivity contribution >= 4 is 5.91 Å². The van der Waals surface area contributed by atoms with E-state index < -0.39 is 0 Å². The summed E-state index contributed by atoms with van der Waals surface area (Å²) in [5.41, 5.74) is 5.59. The number of rotatable bonds is 3. The summed E-state index contributed by atoms with van der Waals surface area (Å²) in [6, 6.07) is 0. The molecule has 0 spiro atoms. The molecular weight excluding hydrogens is 240 g/mol. The molecule has 2 aliphatic rings. The Kier molecular flexibility index (Phi) is 5.22. The lowest BCUT2D eigenvalue weighted by molar-refractivity contribution is -0.147. The average Bonchev–Trinajstić information content (AvgIpc) is 2.72. The average molecular weight is 268 g/mol. The van der Waals surface area contributed by atoms with Crippen molar-refractivity contribution in [3.05, 3.63) is 0 Å².